The summed E-state index contributed by atoms with van der Waals surface area (Å²) in [5.74, 6) is 2.96. The number of hydrogen-bond acceptors (Lipinski definition) is 4. The third-order valence-corrected chi connectivity index (χ3v) is 7.01. The van der Waals surface area contributed by atoms with E-state index in [-0.39, 0.29) is 12.5 Å². The number of carbonyl (C=O) groups is 1. The molecular formula is C19H9Cl2I2NO2S2. The van der Waals surface area contributed by atoms with Gasteiger partial charge in [0.25, 0.3) is 5.91 Å². The Balaban J connectivity index is 1.93. The van der Waals surface area contributed by atoms with E-state index in [9.17, 15) is 4.79 Å². The van der Waals surface area contributed by atoms with Crippen LogP contribution in [0.2, 0.25) is 10.0 Å². The van der Waals surface area contributed by atoms with Crippen molar-refractivity contribution in [2.45, 2.75) is 0 Å². The fourth-order valence-corrected chi connectivity index (χ4v) is 6.31. The van der Waals surface area contributed by atoms with Crippen molar-refractivity contribution < 1.29 is 9.53 Å². The molecule has 0 aliphatic carbocycles. The predicted octanol–water partition coefficient (Wildman–Crippen LogP) is 6.62. The molecule has 0 radical (unpaired) electrons. The van der Waals surface area contributed by atoms with E-state index in [2.05, 4.69) is 51.1 Å². The summed E-state index contributed by atoms with van der Waals surface area (Å²) in [4.78, 5) is 14.9. The van der Waals surface area contributed by atoms with Crippen molar-refractivity contribution in [2.24, 2.45) is 0 Å². The van der Waals surface area contributed by atoms with E-state index in [0.717, 1.165) is 18.5 Å². The highest BCUT2D eigenvalue weighted by molar-refractivity contribution is 14.1. The number of terminal acetylenes is 1. The van der Waals surface area contributed by atoms with Gasteiger partial charge in [0, 0.05) is 5.02 Å². The van der Waals surface area contributed by atoms with Gasteiger partial charge in [-0.3, -0.25) is 9.69 Å². The molecule has 1 fully saturated rings. The number of thioether (sulfide) groups is 1. The van der Waals surface area contributed by atoms with Gasteiger partial charge >= 0.3 is 0 Å². The van der Waals surface area contributed by atoms with E-state index in [4.69, 9.17) is 46.6 Å². The molecule has 1 aliphatic rings. The lowest BCUT2D eigenvalue weighted by Gasteiger charge is -2.16. The van der Waals surface area contributed by atoms with Crippen LogP contribution in [0.3, 0.4) is 0 Å². The summed E-state index contributed by atoms with van der Waals surface area (Å²) in [5.41, 5.74) is 1.38. The second kappa shape index (κ2) is 9.53. The topological polar surface area (TPSA) is 29.5 Å². The molecule has 0 atom stereocenters. The summed E-state index contributed by atoms with van der Waals surface area (Å²) in [6.07, 6.45) is 7.06. The molecule has 0 N–H and O–H groups in total. The van der Waals surface area contributed by atoms with Gasteiger partial charge in [-0.25, -0.2) is 0 Å². The molecule has 1 heterocycles. The highest BCUT2D eigenvalue weighted by Gasteiger charge is 2.34. The van der Waals surface area contributed by atoms with Crippen LogP contribution in [0.15, 0.2) is 35.2 Å². The monoisotopic (exact) mass is 671 g/mol. The van der Waals surface area contributed by atoms with Crippen LogP contribution in [0.5, 0.6) is 5.75 Å². The molecule has 9 heteroatoms. The first kappa shape index (κ1) is 22.2. The Kier molecular flexibility index (Phi) is 7.55. The largest absolute Gasteiger partial charge is 0.479 e. The number of halogens is 4. The lowest BCUT2D eigenvalue weighted by atomic mass is 10.2. The first-order chi connectivity index (χ1) is 13.3. The summed E-state index contributed by atoms with van der Waals surface area (Å²) >= 11 is 23.2. The van der Waals surface area contributed by atoms with Gasteiger partial charge in [0.05, 0.1) is 22.8 Å². The highest BCUT2D eigenvalue weighted by atomic mass is 127. The number of amides is 1. The van der Waals surface area contributed by atoms with Crippen LogP contribution in [0, 0.1) is 19.5 Å². The molecule has 2 aromatic rings. The fraction of sp³-hybridized carbons (Fsp3) is 0.0526. The molecule has 1 amide bonds. The number of benzene rings is 2. The second-order valence-corrected chi connectivity index (χ2v) is 10.3. The Morgan fingerprint density at radius 3 is 2.54 bits per heavy atom. The van der Waals surface area contributed by atoms with Crippen molar-refractivity contribution in [3.05, 3.63) is 58.0 Å². The van der Waals surface area contributed by atoms with Crippen molar-refractivity contribution in [1.82, 2.24) is 0 Å². The van der Waals surface area contributed by atoms with Crippen LogP contribution >= 0.6 is 92.4 Å². The Labute approximate surface area is 209 Å². The van der Waals surface area contributed by atoms with Crippen LogP contribution in [-0.2, 0) is 4.79 Å². The van der Waals surface area contributed by atoms with Gasteiger partial charge in [0.15, 0.2) is 4.32 Å². The van der Waals surface area contributed by atoms with Gasteiger partial charge < -0.3 is 4.74 Å². The lowest BCUT2D eigenvalue weighted by Crippen LogP contribution is -2.27. The van der Waals surface area contributed by atoms with Gasteiger partial charge in [-0.05, 0) is 87.2 Å². The molecule has 1 saturated heterocycles. The number of nitrogens with zero attached hydrogens (tertiary/aromatic N) is 1. The summed E-state index contributed by atoms with van der Waals surface area (Å²) in [6, 6.07) is 8.79. The summed E-state index contributed by atoms with van der Waals surface area (Å²) in [7, 11) is 0. The number of anilines is 1. The molecule has 0 bridgehead atoms. The minimum Gasteiger partial charge on any atom is -0.479 e. The average Bonchev–Trinajstić information content (AvgIpc) is 2.88. The Bertz CT molecular complexity index is 1040. The van der Waals surface area contributed by atoms with Crippen LogP contribution in [0.1, 0.15) is 5.56 Å². The van der Waals surface area contributed by atoms with E-state index in [1.807, 2.05) is 12.1 Å². The minimum absolute atomic E-state index is 0.200. The van der Waals surface area contributed by atoms with E-state index < -0.39 is 0 Å². The number of ether oxygens (including phenoxy) is 1. The predicted molar refractivity (Wildman–Crippen MR) is 138 cm³/mol. The highest BCUT2D eigenvalue weighted by Crippen LogP contribution is 2.40. The second-order valence-electron chi connectivity index (χ2n) is 5.42. The normalized spacial score (nSPS) is 15.2. The molecule has 0 aromatic heterocycles. The molecule has 3 rings (SSSR count). The Morgan fingerprint density at radius 2 is 1.93 bits per heavy atom. The molecule has 2 aromatic carbocycles. The molecule has 142 valence electrons. The van der Waals surface area contributed by atoms with Gasteiger partial charge in [0.1, 0.15) is 12.4 Å². The van der Waals surface area contributed by atoms with Crippen molar-refractivity contribution in [3.63, 3.8) is 0 Å². The summed E-state index contributed by atoms with van der Waals surface area (Å²) < 4.78 is 7.80. The molecule has 1 aliphatic heterocycles. The molecule has 0 saturated carbocycles. The molecule has 0 unspecified atom stereocenters. The zero-order valence-electron chi connectivity index (χ0n) is 13.8. The quantitative estimate of drug-likeness (QED) is 0.158. The Morgan fingerprint density at radius 1 is 1.25 bits per heavy atom. The maximum absolute atomic E-state index is 12.9. The number of rotatable bonds is 4. The maximum Gasteiger partial charge on any atom is 0.270 e. The Hall–Kier alpha value is -0.510. The van der Waals surface area contributed by atoms with Crippen molar-refractivity contribution >= 4 is 114 Å². The van der Waals surface area contributed by atoms with Crippen molar-refractivity contribution in [2.75, 3.05) is 11.5 Å². The van der Waals surface area contributed by atoms with Crippen LogP contribution in [0.4, 0.5) is 5.69 Å². The van der Waals surface area contributed by atoms with Gasteiger partial charge in [-0.15, -0.1) is 6.42 Å². The van der Waals surface area contributed by atoms with Crippen molar-refractivity contribution in [3.8, 4) is 18.1 Å². The first-order valence-corrected chi connectivity index (χ1v) is 11.7. The standard InChI is InChI=1S/C19H9Cl2I2NO2S2/c1-2-5-26-17-13(22)6-10(7-14(17)23)8-16-18(25)24(19(27)28-16)15-4-3-11(20)9-12(15)21/h1,3-4,6-9H,5H2/b16-8+. The molecule has 28 heavy (non-hydrogen) atoms. The number of carbonyl (C=O) groups excluding carboxylic acids is 1. The van der Waals surface area contributed by atoms with Crippen molar-refractivity contribution in [1.29, 1.82) is 0 Å². The van der Waals surface area contributed by atoms with Gasteiger partial charge in [-0.2, -0.15) is 0 Å². The third-order valence-electron chi connectivity index (χ3n) is 3.56. The maximum atomic E-state index is 12.9. The SMILES string of the molecule is C#CCOc1c(I)cc(/C=C2/SC(=S)N(c3ccc(Cl)cc3Cl)C2=O)cc1I. The zero-order valence-corrected chi connectivity index (χ0v) is 21.3. The number of thiocarbonyl (C=S) groups is 1. The van der Waals surface area contributed by atoms with E-state index in [0.29, 0.717) is 25.0 Å². The zero-order chi connectivity index (χ0) is 20.4. The van der Waals surface area contributed by atoms with E-state index in [1.54, 1.807) is 24.3 Å². The molecule has 0 spiro atoms. The summed E-state index contributed by atoms with van der Waals surface area (Å²) in [6.45, 7) is 0.200. The van der Waals surface area contributed by atoms with E-state index in [1.165, 1.54) is 16.7 Å². The van der Waals surface area contributed by atoms with E-state index >= 15 is 0 Å². The van der Waals surface area contributed by atoms with Gasteiger partial charge in [-0.1, -0.05) is 53.1 Å². The van der Waals surface area contributed by atoms with Crippen LogP contribution in [0.25, 0.3) is 6.08 Å². The molecular weight excluding hydrogens is 663 g/mol. The first-order valence-electron chi connectivity index (χ1n) is 7.60. The fourth-order valence-electron chi connectivity index (χ4n) is 2.40. The van der Waals surface area contributed by atoms with Crippen LogP contribution < -0.4 is 9.64 Å². The molecule has 3 nitrogen and oxygen atoms in total. The minimum atomic E-state index is -0.225. The average molecular weight is 672 g/mol. The van der Waals surface area contributed by atoms with Gasteiger partial charge in [0.2, 0.25) is 0 Å². The smallest absolute Gasteiger partial charge is 0.270 e. The lowest BCUT2D eigenvalue weighted by molar-refractivity contribution is -0.113. The third kappa shape index (κ3) is 4.79. The number of hydrogen-bond donors (Lipinski definition) is 0. The summed E-state index contributed by atoms with van der Waals surface area (Å²) in [5, 5.41) is 0.857. The van der Waals surface area contributed by atoms with Crippen LogP contribution in [-0.4, -0.2) is 16.8 Å².